The van der Waals surface area contributed by atoms with Gasteiger partial charge in [0.15, 0.2) is 6.10 Å². The number of esters is 2. The summed E-state index contributed by atoms with van der Waals surface area (Å²) in [6.07, 6.45) is -0.832. The average Bonchev–Trinajstić information content (AvgIpc) is 3.19. The van der Waals surface area contributed by atoms with Gasteiger partial charge in [0.1, 0.15) is 18.1 Å². The fourth-order valence-corrected chi connectivity index (χ4v) is 4.09. The Labute approximate surface area is 210 Å². The van der Waals surface area contributed by atoms with Gasteiger partial charge in [0.05, 0.1) is 24.8 Å². The molecule has 1 aromatic heterocycles. The van der Waals surface area contributed by atoms with E-state index in [9.17, 15) is 9.59 Å². The van der Waals surface area contributed by atoms with E-state index < -0.39 is 18.0 Å². The molecule has 7 heteroatoms. The summed E-state index contributed by atoms with van der Waals surface area (Å²) in [5, 5.41) is 0.670. The number of rotatable bonds is 9. The fraction of sp³-hybridized carbons (Fsp3) is 0.241. The average molecular weight is 488 g/mol. The highest BCUT2D eigenvalue weighted by molar-refractivity contribution is 6.07. The summed E-state index contributed by atoms with van der Waals surface area (Å²) < 4.78 is 23.9. The van der Waals surface area contributed by atoms with Crippen molar-refractivity contribution in [2.24, 2.45) is 0 Å². The molecule has 0 saturated heterocycles. The SMILES string of the molecule is CCOC(=O)c1c(C)n(-c2ccc(OC)cc2)c2ccc(OC(C)C(=O)OCc3ccccc3)cc12. The van der Waals surface area contributed by atoms with Crippen LogP contribution in [0.15, 0.2) is 72.8 Å². The van der Waals surface area contributed by atoms with Crippen LogP contribution in [0.4, 0.5) is 0 Å². The Balaban J connectivity index is 1.64. The third-order valence-corrected chi connectivity index (χ3v) is 5.85. The molecule has 1 heterocycles. The van der Waals surface area contributed by atoms with E-state index >= 15 is 0 Å². The molecule has 3 aromatic carbocycles. The van der Waals surface area contributed by atoms with E-state index in [2.05, 4.69) is 0 Å². The van der Waals surface area contributed by atoms with Crippen LogP contribution in [-0.4, -0.2) is 36.3 Å². The van der Waals surface area contributed by atoms with Gasteiger partial charge in [-0.15, -0.1) is 0 Å². The number of hydrogen-bond donors (Lipinski definition) is 0. The smallest absolute Gasteiger partial charge is 0.347 e. The summed E-state index contributed by atoms with van der Waals surface area (Å²) in [5.41, 5.74) is 3.77. The van der Waals surface area contributed by atoms with Crippen LogP contribution in [0.5, 0.6) is 11.5 Å². The van der Waals surface area contributed by atoms with Gasteiger partial charge in [0.2, 0.25) is 0 Å². The van der Waals surface area contributed by atoms with Crippen molar-refractivity contribution < 1.29 is 28.5 Å². The van der Waals surface area contributed by atoms with E-state index in [1.807, 2.05) is 72.2 Å². The standard InChI is InChI=1S/C29H29NO6/c1-5-34-29(32)27-19(2)30(22-11-13-23(33-4)14-12-22)26-16-15-24(17-25(26)27)36-20(3)28(31)35-18-21-9-7-6-8-10-21/h6-17,20H,5,18H2,1-4H3. The molecule has 0 amide bonds. The van der Waals surface area contributed by atoms with Crippen LogP contribution in [0.1, 0.15) is 35.5 Å². The molecule has 0 radical (unpaired) electrons. The van der Waals surface area contributed by atoms with Gasteiger partial charge in [-0.2, -0.15) is 0 Å². The molecule has 0 bridgehead atoms. The van der Waals surface area contributed by atoms with Crippen molar-refractivity contribution in [2.45, 2.75) is 33.5 Å². The maximum Gasteiger partial charge on any atom is 0.347 e. The molecule has 36 heavy (non-hydrogen) atoms. The van der Waals surface area contributed by atoms with Crippen LogP contribution in [0.3, 0.4) is 0 Å². The van der Waals surface area contributed by atoms with Gasteiger partial charge in [-0.05, 0) is 68.8 Å². The zero-order chi connectivity index (χ0) is 25.7. The Morgan fingerprint density at radius 1 is 0.917 bits per heavy atom. The van der Waals surface area contributed by atoms with Gasteiger partial charge in [-0.1, -0.05) is 30.3 Å². The Kier molecular flexibility index (Phi) is 7.59. The van der Waals surface area contributed by atoms with Crippen LogP contribution in [0.2, 0.25) is 0 Å². The predicted molar refractivity (Wildman–Crippen MR) is 137 cm³/mol. The zero-order valence-corrected chi connectivity index (χ0v) is 20.8. The molecule has 0 saturated carbocycles. The molecular formula is C29H29NO6. The van der Waals surface area contributed by atoms with Crippen molar-refractivity contribution >= 4 is 22.8 Å². The molecule has 0 aliphatic rings. The summed E-state index contributed by atoms with van der Waals surface area (Å²) in [6, 6.07) is 22.4. The van der Waals surface area contributed by atoms with E-state index in [-0.39, 0.29) is 13.2 Å². The predicted octanol–water partition coefficient (Wildman–Crippen LogP) is 5.63. The van der Waals surface area contributed by atoms with E-state index in [1.54, 1.807) is 33.1 Å². The van der Waals surface area contributed by atoms with Gasteiger partial charge in [-0.25, -0.2) is 9.59 Å². The van der Waals surface area contributed by atoms with Crippen molar-refractivity contribution in [1.29, 1.82) is 0 Å². The Morgan fingerprint density at radius 2 is 1.61 bits per heavy atom. The Bertz CT molecular complexity index is 1360. The summed E-state index contributed by atoms with van der Waals surface area (Å²) in [4.78, 5) is 25.4. The number of methoxy groups -OCH3 is 1. The lowest BCUT2D eigenvalue weighted by Gasteiger charge is -2.14. The first kappa shape index (κ1) is 24.9. The number of benzene rings is 3. The number of aromatic nitrogens is 1. The molecular weight excluding hydrogens is 458 g/mol. The fourth-order valence-electron chi connectivity index (χ4n) is 4.09. The highest BCUT2D eigenvalue weighted by atomic mass is 16.6. The van der Waals surface area contributed by atoms with Crippen molar-refractivity contribution in [3.05, 3.63) is 89.6 Å². The van der Waals surface area contributed by atoms with Gasteiger partial charge >= 0.3 is 11.9 Å². The molecule has 1 unspecified atom stereocenters. The molecule has 0 N–H and O–H groups in total. The van der Waals surface area contributed by atoms with E-state index in [0.29, 0.717) is 16.7 Å². The van der Waals surface area contributed by atoms with Crippen LogP contribution in [-0.2, 0) is 20.9 Å². The number of ether oxygens (including phenoxy) is 4. The lowest BCUT2D eigenvalue weighted by atomic mass is 10.1. The third kappa shape index (κ3) is 5.20. The molecule has 0 fully saturated rings. The Morgan fingerprint density at radius 3 is 2.28 bits per heavy atom. The second-order valence-corrected chi connectivity index (χ2v) is 8.25. The quantitative estimate of drug-likeness (QED) is 0.285. The van der Waals surface area contributed by atoms with Crippen LogP contribution >= 0.6 is 0 Å². The summed E-state index contributed by atoms with van der Waals surface area (Å²) in [5.74, 6) is 0.294. The van der Waals surface area contributed by atoms with E-state index in [4.69, 9.17) is 18.9 Å². The number of fused-ring (bicyclic) bond motifs is 1. The third-order valence-electron chi connectivity index (χ3n) is 5.85. The molecule has 0 aliphatic carbocycles. The lowest BCUT2D eigenvalue weighted by molar-refractivity contribution is -0.152. The largest absolute Gasteiger partial charge is 0.497 e. The van der Waals surface area contributed by atoms with E-state index in [1.165, 1.54) is 0 Å². The normalized spacial score (nSPS) is 11.7. The molecule has 186 valence electrons. The van der Waals surface area contributed by atoms with Crippen LogP contribution in [0, 0.1) is 6.92 Å². The molecule has 0 spiro atoms. The first-order chi connectivity index (χ1) is 17.4. The monoisotopic (exact) mass is 487 g/mol. The number of nitrogens with zero attached hydrogens (tertiary/aromatic N) is 1. The minimum Gasteiger partial charge on any atom is -0.497 e. The zero-order valence-electron chi connectivity index (χ0n) is 20.8. The lowest BCUT2D eigenvalue weighted by Crippen LogP contribution is -2.26. The van der Waals surface area contributed by atoms with Crippen LogP contribution < -0.4 is 9.47 Å². The second kappa shape index (κ2) is 11.0. The first-order valence-electron chi connectivity index (χ1n) is 11.8. The van der Waals surface area contributed by atoms with Gasteiger partial charge < -0.3 is 23.5 Å². The minimum absolute atomic E-state index is 0.170. The molecule has 4 rings (SSSR count). The van der Waals surface area contributed by atoms with Gasteiger partial charge in [-0.3, -0.25) is 0 Å². The number of hydrogen-bond acceptors (Lipinski definition) is 6. The Hall–Kier alpha value is -4.26. The van der Waals surface area contributed by atoms with E-state index in [0.717, 1.165) is 28.2 Å². The van der Waals surface area contributed by atoms with Gasteiger partial charge in [0.25, 0.3) is 0 Å². The number of carbonyl (C=O) groups excluding carboxylic acids is 2. The highest BCUT2D eigenvalue weighted by Gasteiger charge is 2.23. The highest BCUT2D eigenvalue weighted by Crippen LogP contribution is 2.33. The van der Waals surface area contributed by atoms with Crippen molar-refractivity contribution in [3.63, 3.8) is 0 Å². The summed E-state index contributed by atoms with van der Waals surface area (Å²) in [7, 11) is 1.62. The summed E-state index contributed by atoms with van der Waals surface area (Å²) >= 11 is 0. The molecule has 1 atom stereocenters. The minimum atomic E-state index is -0.832. The molecule has 0 aliphatic heterocycles. The molecule has 4 aromatic rings. The van der Waals surface area contributed by atoms with Gasteiger partial charge in [0, 0.05) is 16.8 Å². The number of carbonyl (C=O) groups is 2. The first-order valence-corrected chi connectivity index (χ1v) is 11.8. The maximum absolute atomic E-state index is 12.9. The summed E-state index contributed by atoms with van der Waals surface area (Å²) in [6.45, 7) is 5.71. The van der Waals surface area contributed by atoms with Crippen molar-refractivity contribution in [3.8, 4) is 17.2 Å². The van der Waals surface area contributed by atoms with Crippen molar-refractivity contribution in [2.75, 3.05) is 13.7 Å². The topological polar surface area (TPSA) is 76.0 Å². The van der Waals surface area contributed by atoms with Crippen molar-refractivity contribution in [1.82, 2.24) is 4.57 Å². The maximum atomic E-state index is 12.9. The second-order valence-electron chi connectivity index (χ2n) is 8.25. The van der Waals surface area contributed by atoms with Crippen LogP contribution in [0.25, 0.3) is 16.6 Å². The molecule has 7 nitrogen and oxygen atoms in total.